The molecule has 2 fully saturated rings. The number of nitrogens with one attached hydrogen (secondary N) is 2. The Morgan fingerprint density at radius 3 is 2.04 bits per heavy atom. The quantitative estimate of drug-likeness (QED) is 0.193. The van der Waals surface area contributed by atoms with Crippen molar-refractivity contribution in [1.29, 1.82) is 0 Å². The summed E-state index contributed by atoms with van der Waals surface area (Å²) >= 11 is 0. The fraction of sp³-hybridized carbons (Fsp3) is 0.306. The minimum absolute atomic E-state index is 0.00114. The number of nitrogens with zero attached hydrogens (tertiary/aromatic N) is 1. The average molecular weight is 610 g/mol. The first kappa shape index (κ1) is 30.8. The lowest BCUT2D eigenvalue weighted by atomic mass is 9.90. The predicted molar refractivity (Wildman–Crippen MR) is 172 cm³/mol. The summed E-state index contributed by atoms with van der Waals surface area (Å²) in [6, 6.07) is 31.8. The van der Waals surface area contributed by atoms with Crippen LogP contribution in [0.15, 0.2) is 103 Å². The number of rotatable bonds is 9. The molecule has 6 rings (SSSR count). The zero-order valence-corrected chi connectivity index (χ0v) is 25.3. The summed E-state index contributed by atoms with van der Waals surface area (Å²) in [5.41, 5.74) is 4.07. The van der Waals surface area contributed by atoms with Gasteiger partial charge >= 0.3 is 6.03 Å². The number of carbonyl (C=O) groups is 1. The van der Waals surface area contributed by atoms with Crippen LogP contribution in [-0.2, 0) is 20.8 Å². The van der Waals surface area contributed by atoms with Gasteiger partial charge in [-0.05, 0) is 59.7 Å². The van der Waals surface area contributed by atoms with Crippen LogP contribution in [0.2, 0.25) is 0 Å². The zero-order chi connectivity index (χ0) is 31.0. The summed E-state index contributed by atoms with van der Waals surface area (Å²) < 4.78 is 24.5. The molecule has 3 N–H and O–H groups in total. The van der Waals surface area contributed by atoms with E-state index in [9.17, 15) is 9.90 Å². The second-order valence-electron chi connectivity index (χ2n) is 11.4. The van der Waals surface area contributed by atoms with Gasteiger partial charge in [0.15, 0.2) is 6.29 Å². The fourth-order valence-electron chi connectivity index (χ4n) is 5.61. The molecule has 9 nitrogen and oxygen atoms in total. The Labute approximate surface area is 263 Å². The maximum Gasteiger partial charge on any atom is 0.323 e. The molecule has 0 aliphatic carbocycles. The molecule has 2 amide bonds. The van der Waals surface area contributed by atoms with Crippen molar-refractivity contribution in [2.75, 3.05) is 43.5 Å². The van der Waals surface area contributed by atoms with Crippen molar-refractivity contribution >= 4 is 17.4 Å². The molecular formula is C36H39N3O6. The summed E-state index contributed by atoms with van der Waals surface area (Å²) in [5, 5.41) is 15.3. The van der Waals surface area contributed by atoms with E-state index >= 15 is 0 Å². The van der Waals surface area contributed by atoms with E-state index in [0.717, 1.165) is 55.3 Å². The number of anilines is 2. The molecule has 234 valence electrons. The maximum atomic E-state index is 12.7. The van der Waals surface area contributed by atoms with Crippen LogP contribution < -0.4 is 15.4 Å². The SMILES string of the molecule is C[C@@H]1[C@H](CN2CCOCC2)O[C@H](c2ccc(NC(=O)Nc3ccc(Oc4ccccc4)cc3)cc2)O[C@@H]1c1ccc(CO)cc1. The molecule has 9 heteroatoms. The second-order valence-corrected chi connectivity index (χ2v) is 11.4. The first-order valence-electron chi connectivity index (χ1n) is 15.4. The molecule has 4 atom stereocenters. The van der Waals surface area contributed by atoms with Crippen LogP contribution in [0.4, 0.5) is 16.2 Å². The number of para-hydroxylation sites is 1. The number of aliphatic hydroxyl groups excluding tert-OH is 1. The summed E-state index contributed by atoms with van der Waals surface area (Å²) in [6.07, 6.45) is -0.817. The molecule has 0 aromatic heterocycles. The molecule has 2 aliphatic heterocycles. The van der Waals surface area contributed by atoms with E-state index in [4.69, 9.17) is 18.9 Å². The van der Waals surface area contributed by atoms with Crippen molar-refractivity contribution in [3.8, 4) is 11.5 Å². The minimum Gasteiger partial charge on any atom is -0.457 e. The van der Waals surface area contributed by atoms with Gasteiger partial charge in [-0.2, -0.15) is 0 Å². The normalized spacial score (nSPS) is 22.0. The van der Waals surface area contributed by atoms with Gasteiger partial charge in [-0.25, -0.2) is 4.79 Å². The van der Waals surface area contributed by atoms with Gasteiger partial charge in [0.25, 0.3) is 0 Å². The number of hydrogen-bond donors (Lipinski definition) is 3. The van der Waals surface area contributed by atoms with E-state index in [2.05, 4.69) is 22.5 Å². The van der Waals surface area contributed by atoms with E-state index in [-0.39, 0.29) is 30.8 Å². The molecular weight excluding hydrogens is 570 g/mol. The van der Waals surface area contributed by atoms with Gasteiger partial charge < -0.3 is 34.7 Å². The third-order valence-corrected chi connectivity index (χ3v) is 8.20. The van der Waals surface area contributed by atoms with Crippen molar-refractivity contribution < 1.29 is 28.8 Å². The van der Waals surface area contributed by atoms with Crippen molar-refractivity contribution in [2.24, 2.45) is 5.92 Å². The highest BCUT2D eigenvalue weighted by molar-refractivity contribution is 5.99. The number of benzene rings is 4. The highest BCUT2D eigenvalue weighted by Crippen LogP contribution is 2.42. The minimum atomic E-state index is -0.575. The first-order valence-corrected chi connectivity index (χ1v) is 15.4. The highest BCUT2D eigenvalue weighted by atomic mass is 16.7. The molecule has 0 spiro atoms. The van der Waals surface area contributed by atoms with Crippen LogP contribution in [0.1, 0.15) is 36.0 Å². The Hall–Kier alpha value is -4.25. The number of urea groups is 1. The number of amides is 2. The van der Waals surface area contributed by atoms with E-state index in [0.29, 0.717) is 17.1 Å². The summed E-state index contributed by atoms with van der Waals surface area (Å²) in [6.45, 7) is 6.16. The van der Waals surface area contributed by atoms with Crippen LogP contribution >= 0.6 is 0 Å². The molecule has 0 unspecified atom stereocenters. The lowest BCUT2D eigenvalue weighted by Gasteiger charge is -2.43. The van der Waals surface area contributed by atoms with Gasteiger partial charge in [-0.1, -0.05) is 61.5 Å². The Morgan fingerprint density at radius 2 is 1.40 bits per heavy atom. The first-order chi connectivity index (χ1) is 22.0. The molecule has 2 aliphatic rings. The molecule has 0 radical (unpaired) electrons. The Bertz CT molecular complexity index is 1510. The lowest BCUT2D eigenvalue weighted by molar-refractivity contribution is -0.277. The Morgan fingerprint density at radius 1 is 0.800 bits per heavy atom. The van der Waals surface area contributed by atoms with Crippen molar-refractivity contribution in [1.82, 2.24) is 4.90 Å². The molecule has 45 heavy (non-hydrogen) atoms. The number of ether oxygens (including phenoxy) is 4. The van der Waals surface area contributed by atoms with Crippen LogP contribution in [0.3, 0.4) is 0 Å². The summed E-state index contributed by atoms with van der Waals surface area (Å²) in [7, 11) is 0. The number of carbonyl (C=O) groups excluding carboxylic acids is 1. The molecule has 2 saturated heterocycles. The maximum absolute atomic E-state index is 12.7. The second kappa shape index (κ2) is 14.7. The van der Waals surface area contributed by atoms with Gasteiger partial charge in [-0.15, -0.1) is 0 Å². The molecule has 0 bridgehead atoms. The van der Waals surface area contributed by atoms with Crippen LogP contribution in [0, 0.1) is 5.92 Å². The zero-order valence-electron chi connectivity index (χ0n) is 25.3. The number of morpholine rings is 1. The van der Waals surface area contributed by atoms with Crippen LogP contribution in [0.5, 0.6) is 11.5 Å². The molecule has 4 aromatic rings. The Balaban J connectivity index is 1.09. The monoisotopic (exact) mass is 609 g/mol. The van der Waals surface area contributed by atoms with Gasteiger partial charge in [0.05, 0.1) is 32.0 Å². The average Bonchev–Trinajstić information content (AvgIpc) is 3.08. The van der Waals surface area contributed by atoms with Crippen molar-refractivity contribution in [3.63, 3.8) is 0 Å². The predicted octanol–water partition coefficient (Wildman–Crippen LogP) is 6.74. The standard InChI is InChI=1S/C36H39N3O6/c1-25-33(23-39-19-21-42-22-20-39)44-35(45-34(25)27-9-7-26(24-40)8-10-27)28-11-13-29(14-12-28)37-36(41)38-30-15-17-32(18-16-30)43-31-5-3-2-4-6-31/h2-18,25,33-35,40H,19-24H2,1H3,(H2,37,38,41)/t25-,33+,34+,35+/m1/s1. The van der Waals surface area contributed by atoms with E-state index in [1.807, 2.05) is 91.0 Å². The third-order valence-electron chi connectivity index (χ3n) is 8.20. The molecule has 4 aromatic carbocycles. The summed E-state index contributed by atoms with van der Waals surface area (Å²) in [4.78, 5) is 15.1. The smallest absolute Gasteiger partial charge is 0.323 e. The van der Waals surface area contributed by atoms with Gasteiger partial charge in [0, 0.05) is 42.5 Å². The molecule has 2 heterocycles. The van der Waals surface area contributed by atoms with Gasteiger partial charge in [0.2, 0.25) is 0 Å². The largest absolute Gasteiger partial charge is 0.457 e. The van der Waals surface area contributed by atoms with Crippen LogP contribution in [0.25, 0.3) is 0 Å². The van der Waals surface area contributed by atoms with E-state index < -0.39 is 6.29 Å². The van der Waals surface area contributed by atoms with Crippen molar-refractivity contribution in [3.05, 3.63) is 120 Å². The fourth-order valence-corrected chi connectivity index (χ4v) is 5.61. The van der Waals surface area contributed by atoms with E-state index in [1.165, 1.54) is 0 Å². The third kappa shape index (κ3) is 8.08. The highest BCUT2D eigenvalue weighted by Gasteiger charge is 2.39. The van der Waals surface area contributed by atoms with Crippen LogP contribution in [-0.4, -0.2) is 55.0 Å². The van der Waals surface area contributed by atoms with Gasteiger partial charge in [-0.3, -0.25) is 4.90 Å². The number of hydrogen-bond acceptors (Lipinski definition) is 7. The number of aliphatic hydroxyl groups is 1. The Kier molecular flexibility index (Phi) is 10.0. The lowest BCUT2D eigenvalue weighted by Crippen LogP contribution is -2.47. The molecule has 0 saturated carbocycles. The topological polar surface area (TPSA) is 102 Å². The summed E-state index contributed by atoms with van der Waals surface area (Å²) in [5.74, 6) is 1.53. The van der Waals surface area contributed by atoms with Crippen molar-refractivity contribution in [2.45, 2.75) is 32.0 Å². The van der Waals surface area contributed by atoms with E-state index in [1.54, 1.807) is 12.1 Å². The van der Waals surface area contributed by atoms with Gasteiger partial charge in [0.1, 0.15) is 11.5 Å².